The third kappa shape index (κ3) is 11.7. The van der Waals surface area contributed by atoms with Gasteiger partial charge in [0.15, 0.2) is 0 Å². The predicted octanol–water partition coefficient (Wildman–Crippen LogP) is 7.48. The Morgan fingerprint density at radius 3 is 2.15 bits per heavy atom. The van der Waals surface area contributed by atoms with Crippen LogP contribution in [0.5, 0.6) is 0 Å². The number of nitrogens with zero attached hydrogens (tertiary/aromatic N) is 1. The van der Waals surface area contributed by atoms with Crippen molar-refractivity contribution >= 4 is 17.9 Å². The molecule has 232 valence electrons. The van der Waals surface area contributed by atoms with Crippen LogP contribution in [0.15, 0.2) is 24.3 Å². The largest absolute Gasteiger partial charge is 0.444 e. The topological polar surface area (TPSA) is 87.7 Å². The summed E-state index contributed by atoms with van der Waals surface area (Å²) in [6, 6.07) is 6.62. The second-order valence-electron chi connectivity index (χ2n) is 12.8. The van der Waals surface area contributed by atoms with Gasteiger partial charge in [-0.05, 0) is 63.5 Å². The maximum absolute atomic E-state index is 14.5. The first kappa shape index (κ1) is 34.6. The van der Waals surface area contributed by atoms with Crippen LogP contribution >= 0.6 is 0 Å². The van der Waals surface area contributed by atoms with Gasteiger partial charge in [-0.25, -0.2) is 4.79 Å². The minimum Gasteiger partial charge on any atom is -0.444 e. The molecule has 3 amide bonds. The van der Waals surface area contributed by atoms with Crippen LogP contribution in [-0.4, -0.2) is 47.0 Å². The number of rotatable bonds is 15. The third-order valence-corrected chi connectivity index (χ3v) is 8.15. The first-order valence-electron chi connectivity index (χ1n) is 16.2. The summed E-state index contributed by atoms with van der Waals surface area (Å²) in [4.78, 5) is 43.2. The fraction of sp³-hybridized carbons (Fsp3) is 0.735. The molecule has 1 aromatic carbocycles. The van der Waals surface area contributed by atoms with Gasteiger partial charge in [0.05, 0.1) is 0 Å². The SMILES string of the molecule is CCCCCCCN(C(=O)C(NC(=O)OC(C)(C)C)C(C)CC)C(C(=O)NC1CCCCC1)c1ccc(CC)cc1. The minimum absolute atomic E-state index is 0.125. The molecule has 0 radical (unpaired) electrons. The van der Waals surface area contributed by atoms with Crippen LogP contribution in [-0.2, 0) is 20.7 Å². The lowest BCUT2D eigenvalue weighted by atomic mass is 9.93. The van der Waals surface area contributed by atoms with E-state index in [2.05, 4.69) is 24.5 Å². The van der Waals surface area contributed by atoms with Crippen molar-refractivity contribution in [3.63, 3.8) is 0 Å². The molecule has 1 fully saturated rings. The fourth-order valence-electron chi connectivity index (χ4n) is 5.48. The molecule has 3 unspecified atom stereocenters. The molecule has 1 saturated carbocycles. The second kappa shape index (κ2) is 17.4. The Morgan fingerprint density at radius 2 is 1.59 bits per heavy atom. The van der Waals surface area contributed by atoms with E-state index in [0.29, 0.717) is 13.0 Å². The first-order chi connectivity index (χ1) is 19.5. The number of nitrogens with one attached hydrogen (secondary N) is 2. The summed E-state index contributed by atoms with van der Waals surface area (Å²) < 4.78 is 5.54. The average Bonchev–Trinajstić information content (AvgIpc) is 2.94. The van der Waals surface area contributed by atoms with Crippen molar-refractivity contribution in [2.45, 2.75) is 149 Å². The predicted molar refractivity (Wildman–Crippen MR) is 167 cm³/mol. The van der Waals surface area contributed by atoms with Crippen LogP contribution in [0, 0.1) is 5.92 Å². The lowest BCUT2D eigenvalue weighted by Gasteiger charge is -2.37. The maximum atomic E-state index is 14.5. The van der Waals surface area contributed by atoms with Gasteiger partial charge in [0.1, 0.15) is 17.7 Å². The van der Waals surface area contributed by atoms with Crippen molar-refractivity contribution in [2.75, 3.05) is 6.54 Å². The van der Waals surface area contributed by atoms with Gasteiger partial charge in [-0.3, -0.25) is 9.59 Å². The molecule has 2 rings (SSSR count). The maximum Gasteiger partial charge on any atom is 0.408 e. The highest BCUT2D eigenvalue weighted by molar-refractivity contribution is 5.92. The molecule has 0 aliphatic heterocycles. The Balaban J connectivity index is 2.48. The summed E-state index contributed by atoms with van der Waals surface area (Å²) in [6.07, 6.45) is 11.5. The van der Waals surface area contributed by atoms with E-state index in [9.17, 15) is 14.4 Å². The molecule has 0 heterocycles. The number of unbranched alkanes of at least 4 members (excludes halogenated alkanes) is 4. The quantitative estimate of drug-likeness (QED) is 0.214. The molecule has 7 heteroatoms. The molecule has 0 bridgehead atoms. The van der Waals surface area contributed by atoms with E-state index in [0.717, 1.165) is 69.8 Å². The Morgan fingerprint density at radius 1 is 0.951 bits per heavy atom. The van der Waals surface area contributed by atoms with Gasteiger partial charge in [0.25, 0.3) is 0 Å². The third-order valence-electron chi connectivity index (χ3n) is 8.15. The van der Waals surface area contributed by atoms with E-state index in [-0.39, 0.29) is 23.8 Å². The monoisotopic (exact) mass is 571 g/mol. The molecule has 0 saturated heterocycles. The van der Waals surface area contributed by atoms with E-state index in [1.54, 1.807) is 25.7 Å². The van der Waals surface area contributed by atoms with Crippen molar-refractivity contribution in [1.29, 1.82) is 0 Å². The number of carbonyl (C=O) groups excluding carboxylic acids is 3. The van der Waals surface area contributed by atoms with Crippen molar-refractivity contribution in [1.82, 2.24) is 15.5 Å². The Labute approximate surface area is 249 Å². The van der Waals surface area contributed by atoms with Crippen molar-refractivity contribution in [2.24, 2.45) is 5.92 Å². The molecule has 3 atom stereocenters. The van der Waals surface area contributed by atoms with Gasteiger partial charge in [-0.15, -0.1) is 0 Å². The highest BCUT2D eigenvalue weighted by Gasteiger charge is 2.38. The fourth-order valence-corrected chi connectivity index (χ4v) is 5.48. The van der Waals surface area contributed by atoms with Gasteiger partial charge < -0.3 is 20.3 Å². The van der Waals surface area contributed by atoms with Crippen molar-refractivity contribution in [3.05, 3.63) is 35.4 Å². The smallest absolute Gasteiger partial charge is 0.408 e. The number of benzene rings is 1. The molecule has 0 aromatic heterocycles. The van der Waals surface area contributed by atoms with Crippen molar-refractivity contribution < 1.29 is 19.1 Å². The van der Waals surface area contributed by atoms with Gasteiger partial charge >= 0.3 is 6.09 Å². The summed E-state index contributed by atoms with van der Waals surface area (Å²) in [6.45, 7) is 14.1. The van der Waals surface area contributed by atoms with E-state index >= 15 is 0 Å². The Hall–Kier alpha value is -2.57. The molecule has 41 heavy (non-hydrogen) atoms. The molecule has 7 nitrogen and oxygen atoms in total. The van der Waals surface area contributed by atoms with Crippen LogP contribution in [0.25, 0.3) is 0 Å². The summed E-state index contributed by atoms with van der Waals surface area (Å²) in [5, 5.41) is 6.18. The van der Waals surface area contributed by atoms with E-state index < -0.39 is 23.8 Å². The zero-order valence-electron chi connectivity index (χ0n) is 26.9. The number of hydrogen-bond acceptors (Lipinski definition) is 4. The average molecular weight is 572 g/mol. The zero-order chi connectivity index (χ0) is 30.4. The highest BCUT2D eigenvalue weighted by atomic mass is 16.6. The minimum atomic E-state index is -0.801. The summed E-state index contributed by atoms with van der Waals surface area (Å²) in [7, 11) is 0. The van der Waals surface area contributed by atoms with E-state index in [4.69, 9.17) is 4.74 Å². The van der Waals surface area contributed by atoms with Crippen LogP contribution in [0.2, 0.25) is 0 Å². The van der Waals surface area contributed by atoms with Gasteiger partial charge in [-0.1, -0.05) is 103 Å². The van der Waals surface area contributed by atoms with Crippen LogP contribution < -0.4 is 10.6 Å². The molecular weight excluding hydrogens is 514 g/mol. The normalized spacial score (nSPS) is 16.4. The number of alkyl carbamates (subject to hydrolysis) is 1. The van der Waals surface area contributed by atoms with Crippen LogP contribution in [0.1, 0.15) is 136 Å². The van der Waals surface area contributed by atoms with Gasteiger partial charge in [-0.2, -0.15) is 0 Å². The molecule has 0 spiro atoms. The second-order valence-corrected chi connectivity index (χ2v) is 12.8. The number of amides is 3. The lowest BCUT2D eigenvalue weighted by molar-refractivity contribution is -0.144. The molecule has 2 N–H and O–H groups in total. The van der Waals surface area contributed by atoms with Crippen LogP contribution in [0.3, 0.4) is 0 Å². The Kier molecular flexibility index (Phi) is 14.7. The van der Waals surface area contributed by atoms with E-state index in [1.165, 1.54) is 12.0 Å². The zero-order valence-corrected chi connectivity index (χ0v) is 26.9. The summed E-state index contributed by atoms with van der Waals surface area (Å²) in [5.74, 6) is -0.505. The standard InChI is InChI=1S/C34H57N3O4/c1-8-11-12-13-17-24-37(32(39)29(25(4)9-2)36-33(40)41-34(5,6)7)30(27-22-20-26(10-3)21-23-27)31(38)35-28-18-15-14-16-19-28/h20-23,25,28-30H,8-19,24H2,1-7H3,(H,35,38)(H,36,40). The first-order valence-corrected chi connectivity index (χ1v) is 16.2. The molecular formula is C34H57N3O4. The Bertz CT molecular complexity index is 934. The number of carbonyl (C=O) groups is 3. The van der Waals surface area contributed by atoms with Crippen LogP contribution in [0.4, 0.5) is 4.79 Å². The summed E-state index contributed by atoms with van der Waals surface area (Å²) >= 11 is 0. The molecule has 1 aliphatic rings. The van der Waals surface area contributed by atoms with Gasteiger partial charge in [0.2, 0.25) is 11.8 Å². The lowest BCUT2D eigenvalue weighted by Crippen LogP contribution is -2.56. The molecule has 1 aliphatic carbocycles. The van der Waals surface area contributed by atoms with Crippen molar-refractivity contribution in [3.8, 4) is 0 Å². The van der Waals surface area contributed by atoms with Gasteiger partial charge in [0, 0.05) is 12.6 Å². The number of aryl methyl sites for hydroxylation is 1. The highest BCUT2D eigenvalue weighted by Crippen LogP contribution is 2.27. The summed E-state index contributed by atoms with van der Waals surface area (Å²) in [5.41, 5.74) is 1.30. The number of hydrogen-bond donors (Lipinski definition) is 2. The van der Waals surface area contributed by atoms with E-state index in [1.807, 2.05) is 38.1 Å². The molecule has 1 aromatic rings. The number of ether oxygens (including phenoxy) is 1.